The number of hydrogen-bond acceptors (Lipinski definition) is 3. The minimum atomic E-state index is -0.0124. The molecule has 1 aromatic rings. The normalized spacial score (nSPS) is 24.8. The van der Waals surface area contributed by atoms with Crippen LogP contribution in [0.15, 0.2) is 12.1 Å². The van der Waals surface area contributed by atoms with Gasteiger partial charge < -0.3 is 15.0 Å². The number of carbonyl (C=O) groups excluding carboxylic acids is 1. The number of nitrogens with one attached hydrogen (secondary N) is 1. The van der Waals surface area contributed by atoms with Crippen molar-refractivity contribution in [3.63, 3.8) is 0 Å². The molecule has 0 saturated carbocycles. The first-order valence-electron chi connectivity index (χ1n) is 7.18. The van der Waals surface area contributed by atoms with Crippen LogP contribution >= 0.6 is 23.2 Å². The zero-order chi connectivity index (χ0) is 15.0. The summed E-state index contributed by atoms with van der Waals surface area (Å²) >= 11 is 12.1. The zero-order valence-corrected chi connectivity index (χ0v) is 13.4. The quantitative estimate of drug-likeness (QED) is 0.907. The summed E-state index contributed by atoms with van der Waals surface area (Å²) in [6.45, 7) is 1.81. The summed E-state index contributed by atoms with van der Waals surface area (Å²) in [6, 6.07) is 3.78. The van der Waals surface area contributed by atoms with Gasteiger partial charge in [-0.3, -0.25) is 4.79 Å². The van der Waals surface area contributed by atoms with Crippen molar-refractivity contribution in [3.8, 4) is 5.75 Å². The molecular weight excluding hydrogens is 311 g/mol. The van der Waals surface area contributed by atoms with E-state index in [0.717, 1.165) is 32.4 Å². The summed E-state index contributed by atoms with van der Waals surface area (Å²) in [7, 11) is 1.54. The van der Waals surface area contributed by atoms with Crippen LogP contribution < -0.4 is 10.1 Å². The number of nitrogens with zero attached hydrogens (tertiary/aromatic N) is 1. The van der Waals surface area contributed by atoms with Crippen LogP contribution in [0.1, 0.15) is 29.6 Å². The average molecular weight is 329 g/mol. The van der Waals surface area contributed by atoms with Crippen molar-refractivity contribution in [2.45, 2.75) is 31.3 Å². The van der Waals surface area contributed by atoms with Crippen LogP contribution in [0.5, 0.6) is 5.75 Å². The third kappa shape index (κ3) is 2.72. The lowest BCUT2D eigenvalue weighted by atomic mass is 10.1. The second-order valence-electron chi connectivity index (χ2n) is 5.56. The highest BCUT2D eigenvalue weighted by Crippen LogP contribution is 2.35. The molecule has 1 N–H and O–H groups in total. The van der Waals surface area contributed by atoms with Gasteiger partial charge in [-0.2, -0.15) is 0 Å². The molecule has 4 nitrogen and oxygen atoms in total. The Morgan fingerprint density at radius 3 is 2.71 bits per heavy atom. The van der Waals surface area contributed by atoms with Crippen LogP contribution in [0.3, 0.4) is 0 Å². The van der Waals surface area contributed by atoms with E-state index >= 15 is 0 Å². The van der Waals surface area contributed by atoms with Gasteiger partial charge in [-0.05, 0) is 31.9 Å². The molecule has 0 aliphatic carbocycles. The van der Waals surface area contributed by atoms with E-state index in [2.05, 4.69) is 5.32 Å². The Hall–Kier alpha value is -0.970. The Labute approximate surface area is 134 Å². The summed E-state index contributed by atoms with van der Waals surface area (Å²) in [6.07, 6.45) is 3.11. The van der Waals surface area contributed by atoms with Crippen molar-refractivity contribution in [1.82, 2.24) is 10.2 Å². The summed E-state index contributed by atoms with van der Waals surface area (Å²) in [5.41, 5.74) is 0.491. The smallest absolute Gasteiger partial charge is 0.258 e. The predicted octanol–water partition coefficient (Wildman–Crippen LogP) is 2.97. The van der Waals surface area contributed by atoms with E-state index < -0.39 is 0 Å². The van der Waals surface area contributed by atoms with Crippen molar-refractivity contribution in [3.05, 3.63) is 27.7 Å². The molecule has 2 heterocycles. The van der Waals surface area contributed by atoms with Crippen molar-refractivity contribution in [1.29, 1.82) is 0 Å². The maximum atomic E-state index is 13.0. The van der Waals surface area contributed by atoms with Gasteiger partial charge in [0.15, 0.2) is 0 Å². The second kappa shape index (κ2) is 6.03. The lowest BCUT2D eigenvalue weighted by molar-refractivity contribution is 0.0677. The first-order chi connectivity index (χ1) is 10.1. The second-order valence-corrected chi connectivity index (χ2v) is 6.37. The van der Waals surface area contributed by atoms with E-state index in [0.29, 0.717) is 27.4 Å². The number of carbonyl (C=O) groups is 1. The summed E-state index contributed by atoms with van der Waals surface area (Å²) in [5.74, 6) is 0.465. The molecule has 6 heteroatoms. The Bertz CT molecular complexity index is 551. The van der Waals surface area contributed by atoms with Crippen molar-refractivity contribution < 1.29 is 9.53 Å². The first kappa shape index (κ1) is 14.9. The van der Waals surface area contributed by atoms with Crippen molar-refractivity contribution in [2.24, 2.45) is 0 Å². The summed E-state index contributed by atoms with van der Waals surface area (Å²) in [4.78, 5) is 15.0. The molecule has 2 atom stereocenters. The van der Waals surface area contributed by atoms with Gasteiger partial charge in [-0.15, -0.1) is 0 Å². The van der Waals surface area contributed by atoms with Gasteiger partial charge in [-0.1, -0.05) is 23.2 Å². The minimum absolute atomic E-state index is 0.0124. The number of methoxy groups -OCH3 is 1. The van der Waals surface area contributed by atoms with Crippen LogP contribution in [0.25, 0.3) is 0 Å². The predicted molar refractivity (Wildman–Crippen MR) is 83.5 cm³/mol. The van der Waals surface area contributed by atoms with Crippen molar-refractivity contribution in [2.75, 3.05) is 20.2 Å². The summed E-state index contributed by atoms with van der Waals surface area (Å²) in [5, 5.41) is 4.16. The van der Waals surface area contributed by atoms with E-state index in [1.807, 2.05) is 4.90 Å². The SMILES string of the molecule is COc1cc(Cl)c(Cl)cc1C(=O)N1C2CCNCC1CC2. The van der Waals surface area contributed by atoms with Gasteiger partial charge in [0, 0.05) is 24.7 Å². The number of amides is 1. The standard InChI is InChI=1S/C15H18Cl2N2O2/c1-21-14-7-13(17)12(16)6-11(14)15(20)19-9-2-3-10(19)8-18-5-4-9/h6-7,9-10,18H,2-5,8H2,1H3. The molecule has 1 aromatic carbocycles. The molecule has 2 aliphatic heterocycles. The Morgan fingerprint density at radius 1 is 1.24 bits per heavy atom. The highest BCUT2D eigenvalue weighted by Gasteiger charge is 2.39. The number of hydrogen-bond donors (Lipinski definition) is 1. The Kier molecular flexibility index (Phi) is 4.29. The van der Waals surface area contributed by atoms with Gasteiger partial charge in [-0.25, -0.2) is 0 Å². The maximum absolute atomic E-state index is 13.0. The molecule has 2 bridgehead atoms. The minimum Gasteiger partial charge on any atom is -0.496 e. The van der Waals surface area contributed by atoms with E-state index in [9.17, 15) is 4.79 Å². The van der Waals surface area contributed by atoms with Crippen molar-refractivity contribution >= 4 is 29.1 Å². The van der Waals surface area contributed by atoms with Gasteiger partial charge in [0.25, 0.3) is 5.91 Å². The zero-order valence-electron chi connectivity index (χ0n) is 11.9. The molecule has 21 heavy (non-hydrogen) atoms. The van der Waals surface area contributed by atoms with Crippen LogP contribution in [-0.2, 0) is 0 Å². The number of halogens is 2. The fourth-order valence-electron chi connectivity index (χ4n) is 3.32. The van der Waals surface area contributed by atoms with E-state index in [4.69, 9.17) is 27.9 Å². The maximum Gasteiger partial charge on any atom is 0.258 e. The lowest BCUT2D eigenvalue weighted by Crippen LogP contribution is -2.42. The van der Waals surface area contributed by atoms with Gasteiger partial charge in [0.05, 0.1) is 22.7 Å². The van der Waals surface area contributed by atoms with Gasteiger partial charge in [0.1, 0.15) is 5.75 Å². The molecule has 0 aromatic heterocycles. The fraction of sp³-hybridized carbons (Fsp3) is 0.533. The highest BCUT2D eigenvalue weighted by molar-refractivity contribution is 6.42. The molecule has 114 valence electrons. The molecule has 2 unspecified atom stereocenters. The third-order valence-corrected chi connectivity index (χ3v) is 5.08. The molecule has 2 saturated heterocycles. The highest BCUT2D eigenvalue weighted by atomic mass is 35.5. The summed E-state index contributed by atoms with van der Waals surface area (Å²) < 4.78 is 5.31. The number of rotatable bonds is 2. The molecule has 1 amide bonds. The van der Waals surface area contributed by atoms with Gasteiger partial charge >= 0.3 is 0 Å². The number of fused-ring (bicyclic) bond motifs is 2. The topological polar surface area (TPSA) is 41.6 Å². The molecule has 0 radical (unpaired) electrons. The van der Waals surface area contributed by atoms with Crippen LogP contribution in [0.4, 0.5) is 0 Å². The molecule has 2 aliphatic rings. The molecule has 2 fully saturated rings. The van der Waals surface area contributed by atoms with Crippen LogP contribution in [0, 0.1) is 0 Å². The lowest BCUT2D eigenvalue weighted by Gasteiger charge is -2.28. The largest absolute Gasteiger partial charge is 0.496 e. The number of ether oxygens (including phenoxy) is 1. The van der Waals surface area contributed by atoms with Gasteiger partial charge in [0.2, 0.25) is 0 Å². The molecular formula is C15H18Cl2N2O2. The Balaban J connectivity index is 1.96. The fourth-order valence-corrected chi connectivity index (χ4v) is 3.63. The van der Waals surface area contributed by atoms with Crippen LogP contribution in [-0.4, -0.2) is 43.1 Å². The average Bonchev–Trinajstić information content (AvgIpc) is 2.73. The molecule has 3 rings (SSSR count). The Morgan fingerprint density at radius 2 is 1.95 bits per heavy atom. The van der Waals surface area contributed by atoms with E-state index in [1.54, 1.807) is 12.1 Å². The first-order valence-corrected chi connectivity index (χ1v) is 7.94. The molecule has 0 spiro atoms. The number of benzene rings is 1. The van der Waals surface area contributed by atoms with Crippen LogP contribution in [0.2, 0.25) is 10.0 Å². The third-order valence-electron chi connectivity index (χ3n) is 4.36. The van der Waals surface area contributed by atoms with E-state index in [-0.39, 0.29) is 11.9 Å². The monoisotopic (exact) mass is 328 g/mol. The van der Waals surface area contributed by atoms with E-state index in [1.165, 1.54) is 7.11 Å².